The van der Waals surface area contributed by atoms with Gasteiger partial charge < -0.3 is 15.1 Å². The third-order valence-electron chi connectivity index (χ3n) is 6.34. The molecule has 1 saturated heterocycles. The second kappa shape index (κ2) is 7.81. The lowest BCUT2D eigenvalue weighted by Crippen LogP contribution is -2.54. The Kier molecular flexibility index (Phi) is 5.36. The van der Waals surface area contributed by atoms with E-state index in [1.807, 2.05) is 18.2 Å². The highest BCUT2D eigenvalue weighted by Crippen LogP contribution is 2.34. The van der Waals surface area contributed by atoms with Crippen molar-refractivity contribution >= 4 is 29.1 Å². The number of amides is 2. The van der Waals surface area contributed by atoms with Crippen molar-refractivity contribution in [2.24, 2.45) is 5.92 Å². The smallest absolute Gasteiger partial charge is 0.227 e. The standard InChI is InChI=1S/C23H26ClN3O2/c1-26(2)23(12-16-7-3-4-8-17(16)13-23)15-25-22(29)18-11-21(28)27(14-18)20-10-6-5-9-19(20)24/h3-10,18H,11-15H2,1-2H3,(H,25,29). The first-order valence-electron chi connectivity index (χ1n) is 9.96. The van der Waals surface area contributed by atoms with Crippen molar-refractivity contribution in [3.63, 3.8) is 0 Å². The lowest BCUT2D eigenvalue weighted by atomic mass is 9.93. The third-order valence-corrected chi connectivity index (χ3v) is 6.66. The highest BCUT2D eigenvalue weighted by molar-refractivity contribution is 6.33. The highest BCUT2D eigenvalue weighted by Gasteiger charge is 2.41. The average molecular weight is 412 g/mol. The number of likely N-dealkylation sites (N-methyl/N-ethyl adjacent to an activating group) is 1. The fourth-order valence-electron chi connectivity index (χ4n) is 4.46. The van der Waals surface area contributed by atoms with Crippen LogP contribution in [0.3, 0.4) is 0 Å². The van der Waals surface area contributed by atoms with Crippen LogP contribution in [0.4, 0.5) is 5.69 Å². The van der Waals surface area contributed by atoms with Crippen molar-refractivity contribution < 1.29 is 9.59 Å². The molecular weight excluding hydrogens is 386 g/mol. The Bertz CT molecular complexity index is 918. The third kappa shape index (κ3) is 3.77. The van der Waals surface area contributed by atoms with Gasteiger partial charge in [-0.3, -0.25) is 9.59 Å². The van der Waals surface area contributed by atoms with E-state index < -0.39 is 0 Å². The van der Waals surface area contributed by atoms with Gasteiger partial charge in [0.2, 0.25) is 11.8 Å². The van der Waals surface area contributed by atoms with Crippen molar-refractivity contribution in [1.29, 1.82) is 0 Å². The lowest BCUT2D eigenvalue weighted by molar-refractivity contribution is -0.126. The molecule has 5 nitrogen and oxygen atoms in total. The predicted molar refractivity (Wildman–Crippen MR) is 115 cm³/mol. The number of halogens is 1. The van der Waals surface area contributed by atoms with Gasteiger partial charge in [0, 0.05) is 25.0 Å². The number of rotatable bonds is 5. The summed E-state index contributed by atoms with van der Waals surface area (Å²) in [6.45, 7) is 0.924. The molecule has 6 heteroatoms. The number of anilines is 1. The number of carbonyl (C=O) groups is 2. The van der Waals surface area contributed by atoms with Crippen LogP contribution in [0.2, 0.25) is 5.02 Å². The zero-order chi connectivity index (χ0) is 20.6. The molecule has 1 heterocycles. The minimum Gasteiger partial charge on any atom is -0.354 e. The second-order valence-electron chi connectivity index (χ2n) is 8.32. The number of nitrogens with one attached hydrogen (secondary N) is 1. The SMILES string of the molecule is CN(C)C1(CNC(=O)C2CC(=O)N(c3ccccc3Cl)C2)Cc2ccccc2C1. The molecule has 0 spiro atoms. The van der Waals surface area contributed by atoms with E-state index in [1.54, 1.807) is 11.0 Å². The summed E-state index contributed by atoms with van der Waals surface area (Å²) in [6, 6.07) is 15.7. The van der Waals surface area contributed by atoms with Crippen molar-refractivity contribution in [2.75, 3.05) is 32.1 Å². The van der Waals surface area contributed by atoms with Crippen molar-refractivity contribution in [3.8, 4) is 0 Å². The van der Waals surface area contributed by atoms with Crippen LogP contribution in [-0.2, 0) is 22.4 Å². The van der Waals surface area contributed by atoms with Gasteiger partial charge in [-0.05, 0) is 50.2 Å². The van der Waals surface area contributed by atoms with E-state index in [-0.39, 0.29) is 29.7 Å². The maximum atomic E-state index is 12.9. The van der Waals surface area contributed by atoms with E-state index in [9.17, 15) is 9.59 Å². The molecule has 1 atom stereocenters. The van der Waals surface area contributed by atoms with Gasteiger partial charge in [-0.25, -0.2) is 0 Å². The molecular formula is C23H26ClN3O2. The molecule has 1 N–H and O–H groups in total. The number of benzene rings is 2. The van der Waals surface area contributed by atoms with Crippen LogP contribution in [0.5, 0.6) is 0 Å². The van der Waals surface area contributed by atoms with E-state index >= 15 is 0 Å². The van der Waals surface area contributed by atoms with Gasteiger partial charge in [0.15, 0.2) is 0 Å². The summed E-state index contributed by atoms with van der Waals surface area (Å²) in [4.78, 5) is 29.2. The number of hydrogen-bond donors (Lipinski definition) is 1. The Morgan fingerprint density at radius 1 is 1.14 bits per heavy atom. The molecule has 1 unspecified atom stereocenters. The normalized spacial score (nSPS) is 20.2. The van der Waals surface area contributed by atoms with Crippen LogP contribution < -0.4 is 10.2 Å². The Morgan fingerprint density at radius 3 is 2.38 bits per heavy atom. The molecule has 0 radical (unpaired) electrons. The molecule has 0 saturated carbocycles. The van der Waals surface area contributed by atoms with Crippen LogP contribution in [-0.4, -0.2) is 49.4 Å². The first kappa shape index (κ1) is 19.9. The number of hydrogen-bond acceptors (Lipinski definition) is 3. The molecule has 2 aliphatic rings. The van der Waals surface area contributed by atoms with Crippen molar-refractivity contribution in [2.45, 2.75) is 24.8 Å². The van der Waals surface area contributed by atoms with Gasteiger partial charge in [0.05, 0.1) is 16.6 Å². The molecule has 2 aromatic carbocycles. The van der Waals surface area contributed by atoms with Gasteiger partial charge >= 0.3 is 0 Å². The second-order valence-corrected chi connectivity index (χ2v) is 8.72. The summed E-state index contributed by atoms with van der Waals surface area (Å²) in [5.74, 6) is -0.485. The van der Waals surface area contributed by atoms with Crippen molar-refractivity contribution in [1.82, 2.24) is 10.2 Å². The number of nitrogens with zero attached hydrogens (tertiary/aromatic N) is 2. The minimum atomic E-state index is -0.359. The fraction of sp³-hybridized carbons (Fsp3) is 0.391. The molecule has 1 aliphatic heterocycles. The van der Waals surface area contributed by atoms with E-state index in [4.69, 9.17) is 11.6 Å². The van der Waals surface area contributed by atoms with E-state index in [2.05, 4.69) is 48.6 Å². The Balaban J connectivity index is 1.42. The van der Waals surface area contributed by atoms with Gasteiger partial charge in [-0.2, -0.15) is 0 Å². The Morgan fingerprint density at radius 2 is 1.76 bits per heavy atom. The first-order valence-corrected chi connectivity index (χ1v) is 10.3. The first-order chi connectivity index (χ1) is 13.9. The summed E-state index contributed by atoms with van der Waals surface area (Å²) in [5.41, 5.74) is 3.22. The molecule has 4 rings (SSSR count). The summed E-state index contributed by atoms with van der Waals surface area (Å²) in [6.07, 6.45) is 2.03. The summed E-state index contributed by atoms with van der Waals surface area (Å²) < 4.78 is 0. The van der Waals surface area contributed by atoms with Gasteiger partial charge in [-0.1, -0.05) is 48.0 Å². The van der Waals surface area contributed by atoms with E-state index in [0.29, 0.717) is 23.8 Å². The predicted octanol–water partition coefficient (Wildman–Crippen LogP) is 2.91. The van der Waals surface area contributed by atoms with Gasteiger partial charge in [0.1, 0.15) is 0 Å². The van der Waals surface area contributed by atoms with Crippen molar-refractivity contribution in [3.05, 3.63) is 64.7 Å². The summed E-state index contributed by atoms with van der Waals surface area (Å²) in [7, 11) is 4.13. The molecule has 2 aromatic rings. The number of para-hydroxylation sites is 1. The van der Waals surface area contributed by atoms with Gasteiger partial charge in [-0.15, -0.1) is 0 Å². The molecule has 1 fully saturated rings. The van der Waals surface area contributed by atoms with Crippen LogP contribution in [0.25, 0.3) is 0 Å². The van der Waals surface area contributed by atoms with E-state index in [1.165, 1.54) is 11.1 Å². The lowest BCUT2D eigenvalue weighted by Gasteiger charge is -2.36. The zero-order valence-corrected chi connectivity index (χ0v) is 17.6. The molecule has 0 aromatic heterocycles. The summed E-state index contributed by atoms with van der Waals surface area (Å²) >= 11 is 6.24. The van der Waals surface area contributed by atoms with Crippen LogP contribution in [0.15, 0.2) is 48.5 Å². The quantitative estimate of drug-likeness (QED) is 0.823. The molecule has 2 amide bonds. The average Bonchev–Trinajstić information content (AvgIpc) is 3.28. The Hall–Kier alpha value is -2.37. The zero-order valence-electron chi connectivity index (χ0n) is 16.8. The van der Waals surface area contributed by atoms with Crippen LogP contribution >= 0.6 is 11.6 Å². The topological polar surface area (TPSA) is 52.7 Å². The molecule has 0 bridgehead atoms. The highest BCUT2D eigenvalue weighted by atomic mass is 35.5. The molecule has 1 aliphatic carbocycles. The molecule has 29 heavy (non-hydrogen) atoms. The maximum Gasteiger partial charge on any atom is 0.227 e. The largest absolute Gasteiger partial charge is 0.354 e. The van der Waals surface area contributed by atoms with E-state index in [0.717, 1.165) is 12.8 Å². The Labute approximate surface area is 176 Å². The summed E-state index contributed by atoms with van der Waals surface area (Å²) in [5, 5.41) is 3.66. The van der Waals surface area contributed by atoms with Crippen LogP contribution in [0, 0.1) is 5.92 Å². The fourth-order valence-corrected chi connectivity index (χ4v) is 4.69. The number of carbonyl (C=O) groups excluding carboxylic acids is 2. The maximum absolute atomic E-state index is 12.9. The van der Waals surface area contributed by atoms with Gasteiger partial charge in [0.25, 0.3) is 0 Å². The number of fused-ring (bicyclic) bond motifs is 1. The molecule has 152 valence electrons. The van der Waals surface area contributed by atoms with Crippen LogP contribution in [0.1, 0.15) is 17.5 Å². The monoisotopic (exact) mass is 411 g/mol. The minimum absolute atomic E-state index is 0.0613.